The molecule has 0 unspecified atom stereocenters. The van der Waals surface area contributed by atoms with E-state index < -0.39 is 5.60 Å². The Kier molecular flexibility index (Phi) is 6.39. The summed E-state index contributed by atoms with van der Waals surface area (Å²) in [6.07, 6.45) is 7.40. The van der Waals surface area contributed by atoms with Crippen LogP contribution in [0, 0.1) is 5.92 Å². The second-order valence-electron chi connectivity index (χ2n) is 7.23. The first-order chi connectivity index (χ1) is 10.9. The molecule has 1 aromatic heterocycles. The third kappa shape index (κ3) is 6.99. The third-order valence-corrected chi connectivity index (χ3v) is 3.94. The van der Waals surface area contributed by atoms with Gasteiger partial charge in [-0.2, -0.15) is 0 Å². The Bertz CT molecular complexity index is 477. The van der Waals surface area contributed by atoms with Crippen LogP contribution in [0.3, 0.4) is 0 Å². The minimum absolute atomic E-state index is 0.223. The molecule has 1 heterocycles. The van der Waals surface area contributed by atoms with Gasteiger partial charge in [-0.15, -0.1) is 0 Å². The number of carbonyl (C=O) groups is 1. The highest BCUT2D eigenvalue weighted by atomic mass is 16.6. The van der Waals surface area contributed by atoms with Gasteiger partial charge in [0.15, 0.2) is 0 Å². The lowest BCUT2D eigenvalue weighted by atomic mass is 9.86. The van der Waals surface area contributed by atoms with Crippen LogP contribution in [-0.4, -0.2) is 29.3 Å². The van der Waals surface area contributed by atoms with Crippen molar-refractivity contribution >= 4 is 6.09 Å². The van der Waals surface area contributed by atoms with E-state index in [1.165, 1.54) is 0 Å². The number of aromatic nitrogens is 1. The first-order valence-corrected chi connectivity index (χ1v) is 8.38. The molecular weight excluding hydrogens is 292 g/mol. The van der Waals surface area contributed by atoms with E-state index in [4.69, 9.17) is 9.47 Å². The van der Waals surface area contributed by atoms with Crippen molar-refractivity contribution in [3.8, 4) is 0 Å². The van der Waals surface area contributed by atoms with Crippen molar-refractivity contribution in [3.63, 3.8) is 0 Å². The quantitative estimate of drug-likeness (QED) is 0.899. The number of nitrogens with zero attached hydrogens (tertiary/aromatic N) is 1. The van der Waals surface area contributed by atoms with Crippen LogP contribution in [0.2, 0.25) is 0 Å². The highest BCUT2D eigenvalue weighted by molar-refractivity contribution is 5.68. The van der Waals surface area contributed by atoms with Gasteiger partial charge in [0.1, 0.15) is 5.60 Å². The fraction of sp³-hybridized carbons (Fsp3) is 0.667. The summed E-state index contributed by atoms with van der Waals surface area (Å²) in [5.74, 6) is 0.577. The molecule has 5 nitrogen and oxygen atoms in total. The molecule has 1 saturated carbocycles. The fourth-order valence-electron chi connectivity index (χ4n) is 2.77. The predicted octanol–water partition coefficient (Wildman–Crippen LogP) is 3.68. The molecule has 0 bridgehead atoms. The largest absolute Gasteiger partial charge is 0.444 e. The summed E-state index contributed by atoms with van der Waals surface area (Å²) in [6.45, 7) is 7.05. The van der Waals surface area contributed by atoms with E-state index in [9.17, 15) is 4.79 Å². The monoisotopic (exact) mass is 320 g/mol. The number of ether oxygens (including phenoxy) is 2. The number of amides is 1. The van der Waals surface area contributed by atoms with Crippen LogP contribution in [0.4, 0.5) is 4.79 Å². The lowest BCUT2D eigenvalue weighted by molar-refractivity contribution is 0.0453. The zero-order chi connectivity index (χ0) is 16.7. The van der Waals surface area contributed by atoms with Gasteiger partial charge in [-0.25, -0.2) is 4.79 Å². The van der Waals surface area contributed by atoms with Crippen molar-refractivity contribution in [2.75, 3.05) is 6.61 Å². The maximum atomic E-state index is 11.8. The van der Waals surface area contributed by atoms with Crippen molar-refractivity contribution < 1.29 is 14.3 Å². The number of alkyl carbamates (subject to hydrolysis) is 1. The maximum Gasteiger partial charge on any atom is 0.407 e. The highest BCUT2D eigenvalue weighted by Crippen LogP contribution is 2.25. The predicted molar refractivity (Wildman–Crippen MR) is 89.0 cm³/mol. The van der Waals surface area contributed by atoms with Gasteiger partial charge in [0, 0.05) is 25.0 Å². The van der Waals surface area contributed by atoms with E-state index in [1.807, 2.05) is 32.9 Å². The minimum Gasteiger partial charge on any atom is -0.444 e. The Labute approximate surface area is 138 Å². The minimum atomic E-state index is -0.442. The van der Waals surface area contributed by atoms with Gasteiger partial charge in [0.25, 0.3) is 0 Å². The summed E-state index contributed by atoms with van der Waals surface area (Å²) in [5, 5.41) is 2.97. The summed E-state index contributed by atoms with van der Waals surface area (Å²) in [4.78, 5) is 15.8. The van der Waals surface area contributed by atoms with E-state index in [-0.39, 0.29) is 12.1 Å². The Morgan fingerprint density at radius 2 is 1.87 bits per heavy atom. The summed E-state index contributed by atoms with van der Waals surface area (Å²) < 4.78 is 11.1. The number of carbonyl (C=O) groups excluding carboxylic acids is 1. The summed E-state index contributed by atoms with van der Waals surface area (Å²) in [5.41, 5.74) is 0.711. The molecule has 0 radical (unpaired) electrons. The van der Waals surface area contributed by atoms with Gasteiger partial charge < -0.3 is 14.8 Å². The Morgan fingerprint density at radius 3 is 2.48 bits per heavy atom. The van der Waals surface area contributed by atoms with Crippen LogP contribution in [0.25, 0.3) is 0 Å². The number of nitrogens with one attached hydrogen (secondary N) is 1. The third-order valence-electron chi connectivity index (χ3n) is 3.94. The Hall–Kier alpha value is -1.62. The van der Waals surface area contributed by atoms with Crippen LogP contribution in [0.15, 0.2) is 24.5 Å². The molecule has 0 aliphatic heterocycles. The maximum absolute atomic E-state index is 11.8. The molecule has 1 amide bonds. The molecule has 2 rings (SSSR count). The number of pyridine rings is 1. The van der Waals surface area contributed by atoms with Gasteiger partial charge in [-0.05, 0) is 70.1 Å². The summed E-state index contributed by atoms with van der Waals surface area (Å²) >= 11 is 0. The molecule has 1 fully saturated rings. The van der Waals surface area contributed by atoms with Gasteiger partial charge >= 0.3 is 6.09 Å². The lowest BCUT2D eigenvalue weighted by Crippen LogP contribution is -2.41. The SMILES string of the molecule is CC(C)(C)OC(=O)N[C@H]1CC[C@H](COCc2ccncc2)CC1. The lowest BCUT2D eigenvalue weighted by Gasteiger charge is -2.30. The van der Waals surface area contributed by atoms with Gasteiger partial charge in [-0.3, -0.25) is 4.98 Å². The van der Waals surface area contributed by atoms with E-state index in [2.05, 4.69) is 10.3 Å². The van der Waals surface area contributed by atoms with Gasteiger partial charge in [-0.1, -0.05) is 0 Å². The van der Waals surface area contributed by atoms with Crippen LogP contribution in [0.5, 0.6) is 0 Å². The molecule has 0 spiro atoms. The number of hydrogen-bond acceptors (Lipinski definition) is 4. The molecule has 1 N–H and O–H groups in total. The molecule has 0 aromatic carbocycles. The van der Waals surface area contributed by atoms with Gasteiger partial charge in [0.2, 0.25) is 0 Å². The summed E-state index contributed by atoms with van der Waals surface area (Å²) in [7, 11) is 0. The Balaban J connectivity index is 1.61. The molecule has 0 saturated heterocycles. The zero-order valence-electron chi connectivity index (χ0n) is 14.4. The van der Waals surface area contributed by atoms with E-state index in [0.29, 0.717) is 12.5 Å². The van der Waals surface area contributed by atoms with E-state index in [0.717, 1.165) is 37.9 Å². The second kappa shape index (κ2) is 8.29. The standard InChI is InChI=1S/C18H28N2O3/c1-18(2,3)23-17(21)20-16-6-4-14(5-7-16)12-22-13-15-8-10-19-11-9-15/h8-11,14,16H,4-7,12-13H2,1-3H3,(H,20,21)/t14-,16-. The normalized spacial score (nSPS) is 21.7. The summed E-state index contributed by atoms with van der Waals surface area (Å²) in [6, 6.07) is 4.17. The van der Waals surface area contributed by atoms with Crippen molar-refractivity contribution in [2.45, 2.75) is 64.7 Å². The molecule has 1 aliphatic rings. The van der Waals surface area contributed by atoms with Crippen LogP contribution in [-0.2, 0) is 16.1 Å². The van der Waals surface area contributed by atoms with E-state index in [1.54, 1.807) is 12.4 Å². The average Bonchev–Trinajstić information content (AvgIpc) is 2.48. The first kappa shape index (κ1) is 17.7. The van der Waals surface area contributed by atoms with Crippen molar-refractivity contribution in [1.82, 2.24) is 10.3 Å². The Morgan fingerprint density at radius 1 is 1.22 bits per heavy atom. The number of hydrogen-bond donors (Lipinski definition) is 1. The molecule has 128 valence electrons. The smallest absolute Gasteiger partial charge is 0.407 e. The molecule has 1 aromatic rings. The van der Waals surface area contributed by atoms with Gasteiger partial charge in [0.05, 0.1) is 6.61 Å². The molecule has 23 heavy (non-hydrogen) atoms. The number of rotatable bonds is 5. The fourth-order valence-corrected chi connectivity index (χ4v) is 2.77. The van der Waals surface area contributed by atoms with Crippen molar-refractivity contribution in [1.29, 1.82) is 0 Å². The molecule has 1 aliphatic carbocycles. The second-order valence-corrected chi connectivity index (χ2v) is 7.23. The molecule has 5 heteroatoms. The topological polar surface area (TPSA) is 60.5 Å². The first-order valence-electron chi connectivity index (χ1n) is 8.38. The van der Waals surface area contributed by atoms with E-state index >= 15 is 0 Å². The van der Waals surface area contributed by atoms with Crippen molar-refractivity contribution in [2.24, 2.45) is 5.92 Å². The molecular formula is C18H28N2O3. The zero-order valence-corrected chi connectivity index (χ0v) is 14.4. The van der Waals surface area contributed by atoms with Crippen LogP contribution >= 0.6 is 0 Å². The molecule has 0 atom stereocenters. The van der Waals surface area contributed by atoms with Crippen LogP contribution < -0.4 is 5.32 Å². The van der Waals surface area contributed by atoms with Crippen molar-refractivity contribution in [3.05, 3.63) is 30.1 Å². The average molecular weight is 320 g/mol. The van der Waals surface area contributed by atoms with Crippen LogP contribution in [0.1, 0.15) is 52.0 Å². The highest BCUT2D eigenvalue weighted by Gasteiger charge is 2.24.